The maximum absolute atomic E-state index is 12.9. The van der Waals surface area contributed by atoms with Crippen LogP contribution in [0.25, 0.3) is 16.9 Å². The smallest absolute Gasteiger partial charge is 0.227 e. The summed E-state index contributed by atoms with van der Waals surface area (Å²) in [5.74, 6) is 0.915. The number of para-hydroxylation sites is 1. The Morgan fingerprint density at radius 2 is 1.77 bits per heavy atom. The molecule has 0 aliphatic carbocycles. The molecule has 2 aromatic carbocycles. The van der Waals surface area contributed by atoms with Gasteiger partial charge in [0, 0.05) is 36.5 Å². The van der Waals surface area contributed by atoms with Gasteiger partial charge in [-0.1, -0.05) is 18.2 Å². The second-order valence-corrected chi connectivity index (χ2v) is 7.41. The van der Waals surface area contributed by atoms with E-state index in [0.29, 0.717) is 6.42 Å². The van der Waals surface area contributed by atoms with Crippen molar-refractivity contribution < 1.29 is 9.53 Å². The Bertz CT molecular complexity index is 965. The number of amides is 1. The van der Waals surface area contributed by atoms with E-state index in [1.54, 1.807) is 7.11 Å². The van der Waals surface area contributed by atoms with E-state index >= 15 is 0 Å². The monoisotopic (exact) mass is 426 g/mol. The SMILES string of the molecule is COc1ccc(-c2nn(-c3ccccc3)cc2CC(=O)N2CCC(N)CC2)cc1.Cl. The van der Waals surface area contributed by atoms with Crippen LogP contribution in [0.3, 0.4) is 0 Å². The first-order valence-corrected chi connectivity index (χ1v) is 9.96. The third-order valence-electron chi connectivity index (χ3n) is 5.41. The van der Waals surface area contributed by atoms with E-state index in [1.807, 2.05) is 70.4 Å². The third-order valence-corrected chi connectivity index (χ3v) is 5.41. The maximum atomic E-state index is 12.9. The summed E-state index contributed by atoms with van der Waals surface area (Å²) in [5.41, 5.74) is 9.64. The lowest BCUT2D eigenvalue weighted by Gasteiger charge is -2.30. The molecule has 0 spiro atoms. The lowest BCUT2D eigenvalue weighted by molar-refractivity contribution is -0.131. The Labute approximate surface area is 183 Å². The number of likely N-dealkylation sites (tertiary alicyclic amines) is 1. The number of nitrogens with two attached hydrogens (primary N) is 1. The van der Waals surface area contributed by atoms with Crippen molar-refractivity contribution >= 4 is 18.3 Å². The molecule has 30 heavy (non-hydrogen) atoms. The molecule has 1 amide bonds. The highest BCUT2D eigenvalue weighted by Crippen LogP contribution is 2.27. The van der Waals surface area contributed by atoms with Crippen LogP contribution in [-0.4, -0.2) is 46.8 Å². The van der Waals surface area contributed by atoms with Crippen LogP contribution in [0.4, 0.5) is 0 Å². The van der Waals surface area contributed by atoms with Crippen molar-refractivity contribution in [2.24, 2.45) is 5.73 Å². The largest absolute Gasteiger partial charge is 0.497 e. The number of rotatable bonds is 5. The van der Waals surface area contributed by atoms with Gasteiger partial charge >= 0.3 is 0 Å². The first-order chi connectivity index (χ1) is 14.1. The van der Waals surface area contributed by atoms with Crippen molar-refractivity contribution in [1.29, 1.82) is 0 Å². The Hall–Kier alpha value is -2.83. The summed E-state index contributed by atoms with van der Waals surface area (Å²) in [6, 6.07) is 17.9. The van der Waals surface area contributed by atoms with Gasteiger partial charge in [-0.3, -0.25) is 4.79 Å². The standard InChI is InChI=1S/C23H26N4O2.ClH/c1-29-21-9-7-17(8-10-21)23-18(15-22(28)26-13-11-19(24)12-14-26)16-27(25-23)20-5-3-2-4-6-20;/h2-10,16,19H,11-15,24H2,1H3;1H. The van der Waals surface area contributed by atoms with Gasteiger partial charge in [0.1, 0.15) is 5.75 Å². The summed E-state index contributed by atoms with van der Waals surface area (Å²) < 4.78 is 7.11. The zero-order valence-corrected chi connectivity index (χ0v) is 17.8. The highest BCUT2D eigenvalue weighted by atomic mass is 35.5. The molecule has 7 heteroatoms. The predicted octanol–water partition coefficient (Wildman–Crippen LogP) is 3.46. The van der Waals surface area contributed by atoms with Crippen LogP contribution in [0.5, 0.6) is 5.75 Å². The molecule has 0 atom stereocenters. The molecular weight excluding hydrogens is 400 g/mol. The van der Waals surface area contributed by atoms with Crippen LogP contribution in [0, 0.1) is 0 Å². The molecule has 158 valence electrons. The molecule has 1 aromatic heterocycles. The van der Waals surface area contributed by atoms with Gasteiger partial charge in [0.2, 0.25) is 5.91 Å². The number of piperidine rings is 1. The molecule has 6 nitrogen and oxygen atoms in total. The maximum Gasteiger partial charge on any atom is 0.227 e. The second kappa shape index (κ2) is 9.78. The molecule has 4 rings (SSSR count). The zero-order valence-electron chi connectivity index (χ0n) is 17.0. The Kier molecular flexibility index (Phi) is 7.13. The van der Waals surface area contributed by atoms with Gasteiger partial charge in [-0.05, 0) is 49.2 Å². The summed E-state index contributed by atoms with van der Waals surface area (Å²) >= 11 is 0. The Morgan fingerprint density at radius 3 is 2.40 bits per heavy atom. The minimum atomic E-state index is 0. The number of ether oxygens (including phenoxy) is 1. The van der Waals surface area contributed by atoms with Crippen molar-refractivity contribution in [3.8, 4) is 22.7 Å². The van der Waals surface area contributed by atoms with Crippen LogP contribution in [0.2, 0.25) is 0 Å². The van der Waals surface area contributed by atoms with Crippen LogP contribution < -0.4 is 10.5 Å². The van der Waals surface area contributed by atoms with Crippen molar-refractivity contribution in [2.45, 2.75) is 25.3 Å². The van der Waals surface area contributed by atoms with Gasteiger partial charge in [0.25, 0.3) is 0 Å². The van der Waals surface area contributed by atoms with Crippen LogP contribution >= 0.6 is 12.4 Å². The van der Waals surface area contributed by atoms with E-state index in [4.69, 9.17) is 15.6 Å². The van der Waals surface area contributed by atoms with Gasteiger partial charge in [0.05, 0.1) is 24.9 Å². The number of benzene rings is 2. The summed E-state index contributed by atoms with van der Waals surface area (Å²) in [6.45, 7) is 1.45. The number of halogens is 1. The van der Waals surface area contributed by atoms with E-state index in [1.165, 1.54) is 0 Å². The minimum Gasteiger partial charge on any atom is -0.497 e. The van der Waals surface area contributed by atoms with Crippen molar-refractivity contribution in [3.63, 3.8) is 0 Å². The first kappa shape index (κ1) is 21.9. The van der Waals surface area contributed by atoms with Crippen molar-refractivity contribution in [3.05, 3.63) is 66.4 Å². The molecule has 0 bridgehead atoms. The molecule has 3 aromatic rings. The van der Waals surface area contributed by atoms with Crippen LogP contribution in [-0.2, 0) is 11.2 Å². The first-order valence-electron chi connectivity index (χ1n) is 9.96. The summed E-state index contributed by atoms with van der Waals surface area (Å²) in [5, 5.41) is 4.80. The van der Waals surface area contributed by atoms with E-state index in [0.717, 1.165) is 54.2 Å². The molecular formula is C23H27ClN4O2. The van der Waals surface area contributed by atoms with E-state index in [2.05, 4.69) is 0 Å². The summed E-state index contributed by atoms with van der Waals surface area (Å²) in [7, 11) is 1.65. The normalized spacial score (nSPS) is 14.3. The topological polar surface area (TPSA) is 73.4 Å². The molecule has 1 fully saturated rings. The summed E-state index contributed by atoms with van der Waals surface area (Å²) in [4.78, 5) is 14.8. The van der Waals surface area contributed by atoms with Gasteiger partial charge in [-0.15, -0.1) is 12.4 Å². The van der Waals surface area contributed by atoms with Gasteiger partial charge < -0.3 is 15.4 Å². The lowest BCUT2D eigenvalue weighted by atomic mass is 10.0. The van der Waals surface area contributed by atoms with Gasteiger partial charge in [-0.2, -0.15) is 5.10 Å². The highest BCUT2D eigenvalue weighted by Gasteiger charge is 2.23. The van der Waals surface area contributed by atoms with Crippen molar-refractivity contribution in [2.75, 3.05) is 20.2 Å². The summed E-state index contributed by atoms with van der Waals surface area (Å²) in [6.07, 6.45) is 4.01. The Balaban J connectivity index is 0.00000256. The average Bonchev–Trinajstić information content (AvgIpc) is 3.18. The number of nitrogens with zero attached hydrogens (tertiary/aromatic N) is 3. The predicted molar refractivity (Wildman–Crippen MR) is 120 cm³/mol. The van der Waals surface area contributed by atoms with E-state index < -0.39 is 0 Å². The van der Waals surface area contributed by atoms with Crippen LogP contribution in [0.15, 0.2) is 60.8 Å². The molecule has 0 unspecified atom stereocenters. The highest BCUT2D eigenvalue weighted by molar-refractivity contribution is 5.85. The van der Waals surface area contributed by atoms with Crippen LogP contribution in [0.1, 0.15) is 18.4 Å². The lowest BCUT2D eigenvalue weighted by Crippen LogP contribution is -2.43. The molecule has 1 aliphatic rings. The minimum absolute atomic E-state index is 0. The van der Waals surface area contributed by atoms with Gasteiger partial charge in [0.15, 0.2) is 0 Å². The Morgan fingerprint density at radius 1 is 1.10 bits per heavy atom. The van der Waals surface area contributed by atoms with Gasteiger partial charge in [-0.25, -0.2) is 4.68 Å². The fourth-order valence-corrected chi connectivity index (χ4v) is 3.67. The fraction of sp³-hybridized carbons (Fsp3) is 0.304. The average molecular weight is 427 g/mol. The number of carbonyl (C=O) groups is 1. The fourth-order valence-electron chi connectivity index (χ4n) is 3.67. The number of carbonyl (C=O) groups excluding carboxylic acids is 1. The molecule has 2 heterocycles. The number of aromatic nitrogens is 2. The quantitative estimate of drug-likeness (QED) is 0.678. The molecule has 2 N–H and O–H groups in total. The number of hydrogen-bond acceptors (Lipinski definition) is 4. The third kappa shape index (κ3) is 4.83. The number of methoxy groups -OCH3 is 1. The molecule has 1 aliphatic heterocycles. The van der Waals surface area contributed by atoms with Crippen molar-refractivity contribution in [1.82, 2.24) is 14.7 Å². The zero-order chi connectivity index (χ0) is 20.2. The second-order valence-electron chi connectivity index (χ2n) is 7.41. The molecule has 0 saturated carbocycles. The van der Waals surface area contributed by atoms with E-state index in [9.17, 15) is 4.79 Å². The van der Waals surface area contributed by atoms with E-state index in [-0.39, 0.29) is 24.4 Å². The number of hydrogen-bond donors (Lipinski definition) is 1. The molecule has 1 saturated heterocycles. The molecule has 0 radical (unpaired) electrons.